The smallest absolute Gasteiger partial charge is 0.537 e. The molecule has 0 aliphatic heterocycles. The Kier molecular flexibility index (Phi) is 3.46. The number of hydrogen-bond donors (Lipinski definition) is 1. The van der Waals surface area contributed by atoms with Gasteiger partial charge in [0, 0.05) is 0 Å². The van der Waals surface area contributed by atoms with Gasteiger partial charge in [-0.05, 0) is 36.4 Å². The van der Waals surface area contributed by atoms with E-state index in [9.17, 15) is 0 Å². The van der Waals surface area contributed by atoms with Crippen LogP contribution in [0.25, 0.3) is 0 Å². The first-order chi connectivity index (χ1) is 7.88. The van der Waals surface area contributed by atoms with Crippen LogP contribution < -0.4 is 9.39 Å². The fourth-order valence-corrected chi connectivity index (χ4v) is 1.27. The first-order valence-corrected chi connectivity index (χ1v) is 4.84. The lowest BCUT2D eigenvalue weighted by molar-refractivity contribution is 0.450. The van der Waals surface area contributed by atoms with Crippen LogP contribution >= 0.6 is 0 Å². The van der Waals surface area contributed by atoms with E-state index in [1.54, 1.807) is 24.3 Å². The normalized spacial score (nSPS) is 9.56. The third-order valence-electron chi connectivity index (χ3n) is 1.99. The molecule has 0 fully saturated rings. The Balaban J connectivity index is 2.05. The summed E-state index contributed by atoms with van der Waals surface area (Å²) in [5.41, 5.74) is 0. The van der Waals surface area contributed by atoms with Crippen LogP contribution in [0.4, 0.5) is 0 Å². The molecule has 0 aliphatic carbocycles. The third kappa shape index (κ3) is 2.78. The van der Waals surface area contributed by atoms with Gasteiger partial charge >= 0.3 is 7.69 Å². The first-order valence-electron chi connectivity index (χ1n) is 4.84. The van der Waals surface area contributed by atoms with E-state index < -0.39 is 0 Å². The SMILES string of the molecule is O[B]Oc1ccc(Oc2ccccc2)cc1. The van der Waals surface area contributed by atoms with E-state index in [1.807, 2.05) is 30.3 Å². The molecule has 1 radical (unpaired) electrons. The van der Waals surface area contributed by atoms with E-state index in [1.165, 1.54) is 0 Å². The number of hydrogen-bond acceptors (Lipinski definition) is 3. The molecule has 0 heterocycles. The molecule has 0 spiro atoms. The Bertz CT molecular complexity index is 428. The molecule has 0 bridgehead atoms. The second kappa shape index (κ2) is 5.23. The van der Waals surface area contributed by atoms with Gasteiger partial charge in [-0.3, -0.25) is 0 Å². The van der Waals surface area contributed by atoms with Crippen molar-refractivity contribution in [1.29, 1.82) is 0 Å². The molecule has 79 valence electrons. The second-order valence-corrected chi connectivity index (χ2v) is 3.11. The zero-order chi connectivity index (χ0) is 11.2. The summed E-state index contributed by atoms with van der Waals surface area (Å²) in [4.78, 5) is 0. The average Bonchev–Trinajstić information content (AvgIpc) is 2.33. The largest absolute Gasteiger partial charge is 0.569 e. The predicted octanol–water partition coefficient (Wildman–Crippen LogP) is 2.38. The van der Waals surface area contributed by atoms with E-state index in [-0.39, 0.29) is 0 Å². The van der Waals surface area contributed by atoms with Gasteiger partial charge in [-0.2, -0.15) is 0 Å². The molecular formula is C12H10BO3. The van der Waals surface area contributed by atoms with Crippen molar-refractivity contribution in [1.82, 2.24) is 0 Å². The monoisotopic (exact) mass is 213 g/mol. The number of ether oxygens (including phenoxy) is 1. The Morgan fingerprint density at radius 2 is 1.31 bits per heavy atom. The summed E-state index contributed by atoms with van der Waals surface area (Å²) >= 11 is 0. The molecule has 0 saturated carbocycles. The Hall–Kier alpha value is -1.94. The summed E-state index contributed by atoms with van der Waals surface area (Å²) in [7, 11) is 0.646. The lowest BCUT2D eigenvalue weighted by Gasteiger charge is -2.06. The van der Waals surface area contributed by atoms with Crippen LogP contribution in [0.2, 0.25) is 0 Å². The molecule has 0 unspecified atom stereocenters. The second-order valence-electron chi connectivity index (χ2n) is 3.11. The van der Waals surface area contributed by atoms with E-state index in [2.05, 4.69) is 0 Å². The topological polar surface area (TPSA) is 38.7 Å². The highest BCUT2D eigenvalue weighted by atomic mass is 16.5. The van der Waals surface area contributed by atoms with Gasteiger partial charge < -0.3 is 14.4 Å². The highest BCUT2D eigenvalue weighted by Crippen LogP contribution is 2.23. The summed E-state index contributed by atoms with van der Waals surface area (Å²) in [5, 5.41) is 8.45. The maximum atomic E-state index is 8.45. The lowest BCUT2D eigenvalue weighted by Crippen LogP contribution is -1.99. The minimum atomic E-state index is 0.558. The van der Waals surface area contributed by atoms with Crippen molar-refractivity contribution in [3.05, 3.63) is 54.6 Å². The van der Waals surface area contributed by atoms with Crippen molar-refractivity contribution < 1.29 is 14.4 Å². The van der Waals surface area contributed by atoms with Gasteiger partial charge in [0.05, 0.1) is 0 Å². The lowest BCUT2D eigenvalue weighted by atomic mass is 10.3. The maximum Gasteiger partial charge on any atom is 0.569 e. The average molecular weight is 213 g/mol. The van der Waals surface area contributed by atoms with Gasteiger partial charge in [-0.15, -0.1) is 0 Å². The van der Waals surface area contributed by atoms with Crippen LogP contribution in [0, 0.1) is 0 Å². The van der Waals surface area contributed by atoms with Gasteiger partial charge in [-0.25, -0.2) is 0 Å². The highest BCUT2D eigenvalue weighted by molar-refractivity contribution is 6.17. The van der Waals surface area contributed by atoms with Gasteiger partial charge in [0.2, 0.25) is 0 Å². The summed E-state index contributed by atoms with van der Waals surface area (Å²) < 4.78 is 10.4. The standard InChI is InChI=1S/C12H10BO3/c14-13-16-12-8-6-11(7-9-12)15-10-4-2-1-3-5-10/h1-9,14H. The van der Waals surface area contributed by atoms with Gasteiger partial charge in [0.15, 0.2) is 0 Å². The number of para-hydroxylation sites is 1. The van der Waals surface area contributed by atoms with Crippen LogP contribution in [0.3, 0.4) is 0 Å². The summed E-state index contributed by atoms with van der Waals surface area (Å²) in [6, 6.07) is 16.5. The van der Waals surface area contributed by atoms with Crippen LogP contribution in [0.1, 0.15) is 0 Å². The van der Waals surface area contributed by atoms with Crippen molar-refractivity contribution in [2.75, 3.05) is 0 Å². The first kappa shape index (κ1) is 10.6. The molecule has 0 saturated heterocycles. The molecule has 1 N–H and O–H groups in total. The Morgan fingerprint density at radius 1 is 0.750 bits per heavy atom. The Morgan fingerprint density at radius 3 is 1.94 bits per heavy atom. The number of benzene rings is 2. The van der Waals surface area contributed by atoms with Crippen molar-refractivity contribution in [3.63, 3.8) is 0 Å². The summed E-state index contributed by atoms with van der Waals surface area (Å²) in [6.07, 6.45) is 0. The van der Waals surface area contributed by atoms with Crippen molar-refractivity contribution in [3.8, 4) is 17.2 Å². The van der Waals surface area contributed by atoms with E-state index in [0.717, 1.165) is 11.5 Å². The van der Waals surface area contributed by atoms with E-state index in [4.69, 9.17) is 14.4 Å². The summed E-state index contributed by atoms with van der Waals surface area (Å²) in [6.45, 7) is 0. The van der Waals surface area contributed by atoms with Gasteiger partial charge in [-0.1, -0.05) is 18.2 Å². The minimum absolute atomic E-state index is 0.558. The molecule has 2 rings (SSSR count). The van der Waals surface area contributed by atoms with Crippen molar-refractivity contribution in [2.24, 2.45) is 0 Å². The van der Waals surface area contributed by atoms with E-state index in [0.29, 0.717) is 13.4 Å². The number of rotatable bonds is 4. The van der Waals surface area contributed by atoms with Crippen LogP contribution in [-0.4, -0.2) is 12.7 Å². The quantitative estimate of drug-likeness (QED) is 0.792. The molecular weight excluding hydrogens is 203 g/mol. The molecule has 2 aromatic rings. The molecule has 16 heavy (non-hydrogen) atoms. The van der Waals surface area contributed by atoms with Crippen LogP contribution in [0.5, 0.6) is 17.2 Å². The van der Waals surface area contributed by atoms with Crippen molar-refractivity contribution >= 4 is 7.69 Å². The molecule has 0 aliphatic rings. The van der Waals surface area contributed by atoms with E-state index >= 15 is 0 Å². The zero-order valence-electron chi connectivity index (χ0n) is 8.54. The molecule has 2 aromatic carbocycles. The molecule has 0 amide bonds. The maximum absolute atomic E-state index is 8.45. The zero-order valence-corrected chi connectivity index (χ0v) is 8.54. The highest BCUT2D eigenvalue weighted by Gasteiger charge is 1.98. The third-order valence-corrected chi connectivity index (χ3v) is 1.99. The van der Waals surface area contributed by atoms with Crippen LogP contribution in [0.15, 0.2) is 54.6 Å². The predicted molar refractivity (Wildman–Crippen MR) is 61.6 cm³/mol. The Labute approximate surface area is 94.6 Å². The summed E-state index contributed by atoms with van der Waals surface area (Å²) in [5.74, 6) is 2.06. The fourth-order valence-electron chi connectivity index (χ4n) is 1.27. The van der Waals surface area contributed by atoms with Gasteiger partial charge in [0.25, 0.3) is 0 Å². The van der Waals surface area contributed by atoms with Gasteiger partial charge in [0.1, 0.15) is 17.2 Å². The molecule has 0 aromatic heterocycles. The molecule has 0 atom stereocenters. The van der Waals surface area contributed by atoms with Crippen LogP contribution in [-0.2, 0) is 0 Å². The minimum Gasteiger partial charge on any atom is -0.537 e. The fraction of sp³-hybridized carbons (Fsp3) is 0. The molecule has 3 nitrogen and oxygen atoms in total. The molecule has 4 heteroatoms. The van der Waals surface area contributed by atoms with Crippen molar-refractivity contribution in [2.45, 2.75) is 0 Å².